The number of thiazole rings is 1. The number of likely N-dealkylation sites (tertiary alicyclic amines) is 2. The fourth-order valence-corrected chi connectivity index (χ4v) is 4.74. The van der Waals surface area contributed by atoms with Crippen molar-refractivity contribution in [1.29, 1.82) is 0 Å². The number of nitrogens with zero attached hydrogens (tertiary/aromatic N) is 3. The van der Waals surface area contributed by atoms with Crippen LogP contribution in [-0.4, -0.2) is 52.8 Å². The molecule has 4 rings (SSSR count). The summed E-state index contributed by atoms with van der Waals surface area (Å²) in [5.74, 6) is 0.166. The average molecular weight is 369 g/mol. The average Bonchev–Trinajstić information content (AvgIpc) is 3.23. The monoisotopic (exact) mass is 369 g/mol. The van der Waals surface area contributed by atoms with Gasteiger partial charge in [0.05, 0.1) is 5.51 Å². The lowest BCUT2D eigenvalue weighted by atomic mass is 9.72. The largest absolute Gasteiger partial charge is 0.339 e. The molecule has 5 nitrogen and oxygen atoms in total. The Kier molecular flexibility index (Phi) is 4.76. The maximum absolute atomic E-state index is 12.7. The minimum atomic E-state index is 0.0492. The van der Waals surface area contributed by atoms with E-state index in [1.165, 1.54) is 11.3 Å². The molecule has 0 unspecified atom stereocenters. The summed E-state index contributed by atoms with van der Waals surface area (Å²) in [7, 11) is 0. The van der Waals surface area contributed by atoms with Crippen molar-refractivity contribution in [3.8, 4) is 0 Å². The van der Waals surface area contributed by atoms with Crippen LogP contribution in [0.4, 0.5) is 0 Å². The van der Waals surface area contributed by atoms with E-state index in [0.717, 1.165) is 57.4 Å². The quantitative estimate of drug-likeness (QED) is 0.816. The second kappa shape index (κ2) is 7.19. The van der Waals surface area contributed by atoms with Crippen LogP contribution < -0.4 is 0 Å². The normalized spacial score (nSPS) is 19.5. The fourth-order valence-electron chi connectivity index (χ4n) is 4.22. The Labute approximate surface area is 157 Å². The molecule has 2 aliphatic rings. The van der Waals surface area contributed by atoms with E-state index < -0.39 is 0 Å². The molecule has 2 aliphatic heterocycles. The number of piperidine rings is 2. The summed E-state index contributed by atoms with van der Waals surface area (Å²) >= 11 is 1.46. The van der Waals surface area contributed by atoms with Crippen LogP contribution in [0, 0.1) is 5.41 Å². The van der Waals surface area contributed by atoms with Crippen molar-refractivity contribution in [2.75, 3.05) is 26.2 Å². The highest BCUT2D eigenvalue weighted by Crippen LogP contribution is 2.40. The first-order valence-corrected chi connectivity index (χ1v) is 10.1. The van der Waals surface area contributed by atoms with Crippen LogP contribution in [0.25, 0.3) is 0 Å². The molecule has 2 amide bonds. The molecule has 136 valence electrons. The minimum Gasteiger partial charge on any atom is -0.339 e. The number of benzene rings is 1. The molecule has 0 aliphatic carbocycles. The van der Waals surface area contributed by atoms with Gasteiger partial charge in [0.1, 0.15) is 5.69 Å². The first-order chi connectivity index (χ1) is 12.7. The first kappa shape index (κ1) is 17.2. The highest BCUT2D eigenvalue weighted by atomic mass is 32.1. The van der Waals surface area contributed by atoms with E-state index in [4.69, 9.17) is 0 Å². The molecule has 2 saturated heterocycles. The van der Waals surface area contributed by atoms with E-state index in [2.05, 4.69) is 4.98 Å². The van der Waals surface area contributed by atoms with Gasteiger partial charge in [0, 0.05) is 37.1 Å². The third-order valence-corrected chi connectivity index (χ3v) is 6.32. The lowest BCUT2D eigenvalue weighted by Crippen LogP contribution is -2.52. The molecule has 1 aromatic carbocycles. The van der Waals surface area contributed by atoms with Gasteiger partial charge >= 0.3 is 0 Å². The summed E-state index contributed by atoms with van der Waals surface area (Å²) in [4.78, 5) is 33.4. The third kappa shape index (κ3) is 3.38. The predicted molar refractivity (Wildman–Crippen MR) is 101 cm³/mol. The zero-order chi connectivity index (χ0) is 18.0. The lowest BCUT2D eigenvalue weighted by Gasteiger charge is -2.47. The molecule has 0 radical (unpaired) electrons. The van der Waals surface area contributed by atoms with Crippen LogP contribution in [0.5, 0.6) is 0 Å². The van der Waals surface area contributed by atoms with E-state index in [0.29, 0.717) is 5.69 Å². The second-order valence-corrected chi connectivity index (χ2v) is 8.08. The van der Waals surface area contributed by atoms with E-state index in [1.54, 1.807) is 5.51 Å². The van der Waals surface area contributed by atoms with E-state index in [1.807, 2.05) is 45.5 Å². The summed E-state index contributed by atoms with van der Waals surface area (Å²) in [5.41, 5.74) is 3.18. The zero-order valence-electron chi connectivity index (χ0n) is 14.8. The molecule has 2 fully saturated rings. The van der Waals surface area contributed by atoms with E-state index in [-0.39, 0.29) is 17.2 Å². The molecule has 2 aromatic rings. The number of aromatic nitrogens is 1. The van der Waals surface area contributed by atoms with Crippen molar-refractivity contribution in [2.24, 2.45) is 5.41 Å². The van der Waals surface area contributed by atoms with Crippen LogP contribution in [0.1, 0.15) is 46.5 Å². The number of rotatable bonds is 2. The maximum atomic E-state index is 12.7. The fraction of sp³-hybridized carbons (Fsp3) is 0.450. The molecule has 0 atom stereocenters. The molecular weight excluding hydrogens is 346 g/mol. The Bertz CT molecular complexity index is 768. The standard InChI is InChI=1S/C20H23N3O2S/c24-18(16-5-2-1-3-6-16)22-11-8-20(9-12-22)7-4-10-23(14-20)19(25)17-13-26-15-21-17/h1-3,5-6,13,15H,4,7-12,14H2. The number of hydrogen-bond acceptors (Lipinski definition) is 4. The molecular formula is C20H23N3O2S. The van der Waals surface area contributed by atoms with Crippen LogP contribution in [-0.2, 0) is 0 Å². The van der Waals surface area contributed by atoms with Gasteiger partial charge in [0.2, 0.25) is 0 Å². The van der Waals surface area contributed by atoms with Gasteiger partial charge in [-0.25, -0.2) is 4.98 Å². The van der Waals surface area contributed by atoms with Gasteiger partial charge in [-0.05, 0) is 43.2 Å². The van der Waals surface area contributed by atoms with Crippen LogP contribution in [0.3, 0.4) is 0 Å². The minimum absolute atomic E-state index is 0.0492. The number of carbonyl (C=O) groups excluding carboxylic acids is 2. The molecule has 26 heavy (non-hydrogen) atoms. The summed E-state index contributed by atoms with van der Waals surface area (Å²) in [6.45, 7) is 3.14. The topological polar surface area (TPSA) is 53.5 Å². The summed E-state index contributed by atoms with van der Waals surface area (Å²) in [5, 5.41) is 1.82. The molecule has 6 heteroatoms. The van der Waals surface area contributed by atoms with E-state index in [9.17, 15) is 9.59 Å². The molecule has 0 bridgehead atoms. The SMILES string of the molecule is O=C(c1ccccc1)N1CCC2(CCCN(C(=O)c3cscn3)C2)CC1. The van der Waals surface area contributed by atoms with Crippen molar-refractivity contribution in [3.63, 3.8) is 0 Å². The Morgan fingerprint density at radius 3 is 2.42 bits per heavy atom. The van der Waals surface area contributed by atoms with Crippen molar-refractivity contribution < 1.29 is 9.59 Å². The van der Waals surface area contributed by atoms with Gasteiger partial charge in [-0.3, -0.25) is 9.59 Å². The molecule has 1 spiro atoms. The number of hydrogen-bond donors (Lipinski definition) is 0. The van der Waals surface area contributed by atoms with Gasteiger partial charge < -0.3 is 9.80 Å². The summed E-state index contributed by atoms with van der Waals surface area (Å²) in [6, 6.07) is 9.49. The Hall–Kier alpha value is -2.21. The van der Waals surface area contributed by atoms with Gasteiger partial charge in [-0.1, -0.05) is 18.2 Å². The maximum Gasteiger partial charge on any atom is 0.273 e. The highest BCUT2D eigenvalue weighted by Gasteiger charge is 2.40. The molecule has 0 N–H and O–H groups in total. The molecule has 1 aromatic heterocycles. The van der Waals surface area contributed by atoms with Gasteiger partial charge in [-0.2, -0.15) is 0 Å². The number of amides is 2. The first-order valence-electron chi connectivity index (χ1n) is 9.19. The Morgan fingerprint density at radius 1 is 0.962 bits per heavy atom. The number of carbonyl (C=O) groups is 2. The smallest absolute Gasteiger partial charge is 0.273 e. The van der Waals surface area contributed by atoms with Crippen molar-refractivity contribution in [3.05, 3.63) is 52.5 Å². The Morgan fingerprint density at radius 2 is 1.73 bits per heavy atom. The summed E-state index contributed by atoms with van der Waals surface area (Å²) < 4.78 is 0. The van der Waals surface area contributed by atoms with Gasteiger partial charge in [0.15, 0.2) is 0 Å². The van der Waals surface area contributed by atoms with E-state index >= 15 is 0 Å². The van der Waals surface area contributed by atoms with Crippen molar-refractivity contribution in [1.82, 2.24) is 14.8 Å². The lowest BCUT2D eigenvalue weighted by molar-refractivity contribution is 0.0199. The molecule has 3 heterocycles. The van der Waals surface area contributed by atoms with Crippen molar-refractivity contribution in [2.45, 2.75) is 25.7 Å². The van der Waals surface area contributed by atoms with Crippen molar-refractivity contribution >= 4 is 23.2 Å². The Balaban J connectivity index is 1.40. The third-order valence-electron chi connectivity index (χ3n) is 5.73. The second-order valence-electron chi connectivity index (χ2n) is 7.36. The predicted octanol–water partition coefficient (Wildman–Crippen LogP) is 3.30. The van der Waals surface area contributed by atoms with Gasteiger partial charge in [-0.15, -0.1) is 11.3 Å². The molecule has 0 saturated carbocycles. The summed E-state index contributed by atoms with van der Waals surface area (Å²) in [6.07, 6.45) is 4.10. The van der Waals surface area contributed by atoms with Crippen LogP contribution in [0.2, 0.25) is 0 Å². The zero-order valence-corrected chi connectivity index (χ0v) is 15.6. The highest BCUT2D eigenvalue weighted by molar-refractivity contribution is 7.07. The van der Waals surface area contributed by atoms with Gasteiger partial charge in [0.25, 0.3) is 11.8 Å². The van der Waals surface area contributed by atoms with Crippen LogP contribution >= 0.6 is 11.3 Å². The van der Waals surface area contributed by atoms with Crippen LogP contribution in [0.15, 0.2) is 41.2 Å².